The van der Waals surface area contributed by atoms with Crippen LogP contribution in [-0.4, -0.2) is 32.4 Å². The number of hydrogen-bond donors (Lipinski definition) is 1. The normalized spacial score (nSPS) is 21.6. The van der Waals surface area contributed by atoms with Crippen molar-refractivity contribution in [3.05, 3.63) is 15.9 Å². The predicted molar refractivity (Wildman–Crippen MR) is 79.8 cm³/mol. The van der Waals surface area contributed by atoms with E-state index in [4.69, 9.17) is 5.73 Å². The number of hydrogen-bond acceptors (Lipinski definition) is 4. The molecule has 0 bridgehead atoms. The summed E-state index contributed by atoms with van der Waals surface area (Å²) in [6, 6.07) is 1.77. The summed E-state index contributed by atoms with van der Waals surface area (Å²) in [5.74, 6) is 0.289. The van der Waals surface area contributed by atoms with Crippen molar-refractivity contribution in [2.45, 2.75) is 17.1 Å². The highest BCUT2D eigenvalue weighted by Crippen LogP contribution is 2.32. The Labute approximate surface area is 126 Å². The van der Waals surface area contributed by atoms with Crippen LogP contribution in [0.5, 0.6) is 0 Å². The fraction of sp³-hybridized carbons (Fsp3) is 0.600. The molecule has 1 atom stereocenters. The average molecular weight is 376 g/mol. The first kappa shape index (κ1) is 16.4. The van der Waals surface area contributed by atoms with Crippen LogP contribution >= 0.6 is 39.7 Å². The molecule has 4 nitrogen and oxygen atoms in total. The SMILES string of the molecule is Cl.NCC1CCCN(S(=O)(=O)c2sccc2Br)C1. The summed E-state index contributed by atoms with van der Waals surface area (Å²) in [4.78, 5) is 0. The van der Waals surface area contributed by atoms with Gasteiger partial charge in [-0.2, -0.15) is 4.31 Å². The lowest BCUT2D eigenvalue weighted by molar-refractivity contribution is 0.272. The zero-order chi connectivity index (χ0) is 12.5. The molecule has 1 unspecified atom stereocenters. The van der Waals surface area contributed by atoms with Gasteiger partial charge in [0.2, 0.25) is 0 Å². The topological polar surface area (TPSA) is 63.4 Å². The van der Waals surface area contributed by atoms with Crippen molar-refractivity contribution < 1.29 is 8.42 Å². The Balaban J connectivity index is 0.00000162. The third kappa shape index (κ3) is 3.26. The summed E-state index contributed by atoms with van der Waals surface area (Å²) < 4.78 is 27.4. The highest BCUT2D eigenvalue weighted by Gasteiger charge is 2.31. The summed E-state index contributed by atoms with van der Waals surface area (Å²) in [7, 11) is -3.34. The number of piperidine rings is 1. The number of nitrogens with two attached hydrogens (primary N) is 1. The second-order valence-corrected chi connectivity index (χ2v) is 8.07. The van der Waals surface area contributed by atoms with Crippen molar-refractivity contribution in [1.29, 1.82) is 0 Å². The van der Waals surface area contributed by atoms with Gasteiger partial charge in [-0.25, -0.2) is 8.42 Å². The molecule has 1 aliphatic rings. The van der Waals surface area contributed by atoms with Crippen LogP contribution in [0.1, 0.15) is 12.8 Å². The Morgan fingerprint density at radius 3 is 2.83 bits per heavy atom. The van der Waals surface area contributed by atoms with Gasteiger partial charge in [0.25, 0.3) is 10.0 Å². The van der Waals surface area contributed by atoms with Crippen molar-refractivity contribution in [2.24, 2.45) is 11.7 Å². The maximum atomic E-state index is 12.4. The van der Waals surface area contributed by atoms with Crippen LogP contribution in [0.25, 0.3) is 0 Å². The third-order valence-electron chi connectivity index (χ3n) is 2.97. The van der Waals surface area contributed by atoms with Crippen LogP contribution in [-0.2, 0) is 10.0 Å². The molecule has 1 saturated heterocycles. The number of rotatable bonds is 3. The second-order valence-electron chi connectivity index (χ2n) is 4.16. The molecule has 1 fully saturated rings. The molecule has 104 valence electrons. The molecule has 0 aromatic carbocycles. The van der Waals surface area contributed by atoms with Crippen molar-refractivity contribution in [3.63, 3.8) is 0 Å². The van der Waals surface area contributed by atoms with Gasteiger partial charge in [0.1, 0.15) is 4.21 Å². The van der Waals surface area contributed by atoms with Crippen LogP contribution in [0.3, 0.4) is 0 Å². The molecular formula is C10H16BrClN2O2S2. The number of halogens is 2. The van der Waals surface area contributed by atoms with Gasteiger partial charge >= 0.3 is 0 Å². The highest BCUT2D eigenvalue weighted by atomic mass is 79.9. The van der Waals surface area contributed by atoms with E-state index >= 15 is 0 Å². The standard InChI is InChI=1S/C10H15BrN2O2S2.ClH/c11-9-3-5-16-10(9)17(14,15)13-4-1-2-8(6-12)7-13;/h3,5,8H,1-2,4,6-7,12H2;1H. The lowest BCUT2D eigenvalue weighted by Crippen LogP contribution is -2.41. The molecule has 18 heavy (non-hydrogen) atoms. The maximum absolute atomic E-state index is 12.4. The minimum absolute atomic E-state index is 0. The van der Waals surface area contributed by atoms with Gasteiger partial charge in [-0.05, 0) is 52.7 Å². The Kier molecular flexibility index (Phi) is 6.08. The molecule has 2 rings (SSSR count). The third-order valence-corrected chi connectivity index (χ3v) is 7.49. The number of nitrogens with zero attached hydrogens (tertiary/aromatic N) is 1. The molecule has 0 aliphatic carbocycles. The molecule has 8 heteroatoms. The Morgan fingerprint density at radius 1 is 1.56 bits per heavy atom. The summed E-state index contributed by atoms with van der Waals surface area (Å²) in [6.45, 7) is 1.70. The smallest absolute Gasteiger partial charge is 0.253 e. The largest absolute Gasteiger partial charge is 0.330 e. The molecule has 2 N–H and O–H groups in total. The molecule has 0 saturated carbocycles. The quantitative estimate of drug-likeness (QED) is 0.881. The Hall–Kier alpha value is 0.340. The fourth-order valence-electron chi connectivity index (χ4n) is 2.02. The van der Waals surface area contributed by atoms with Crippen LogP contribution in [0, 0.1) is 5.92 Å². The van der Waals surface area contributed by atoms with Crippen molar-refractivity contribution in [3.8, 4) is 0 Å². The van der Waals surface area contributed by atoms with Gasteiger partial charge in [0.05, 0.1) is 0 Å². The predicted octanol–water partition coefficient (Wildman–Crippen LogP) is 2.29. The van der Waals surface area contributed by atoms with E-state index in [1.165, 1.54) is 11.3 Å². The summed E-state index contributed by atoms with van der Waals surface area (Å²) in [6.07, 6.45) is 1.91. The van der Waals surface area contributed by atoms with Gasteiger partial charge in [-0.15, -0.1) is 23.7 Å². The minimum Gasteiger partial charge on any atom is -0.330 e. The Bertz CT molecular complexity index is 492. The van der Waals surface area contributed by atoms with Gasteiger partial charge in [0.15, 0.2) is 0 Å². The summed E-state index contributed by atoms with van der Waals surface area (Å²) in [5.41, 5.74) is 5.63. The van der Waals surface area contributed by atoms with Gasteiger partial charge < -0.3 is 5.73 Å². The molecule has 1 aliphatic heterocycles. The minimum atomic E-state index is -3.34. The molecule has 1 aromatic rings. The first-order valence-electron chi connectivity index (χ1n) is 5.49. The highest BCUT2D eigenvalue weighted by molar-refractivity contribution is 9.10. The fourth-order valence-corrected chi connectivity index (χ4v) is 6.02. The molecule has 0 spiro atoms. The van der Waals surface area contributed by atoms with E-state index in [9.17, 15) is 8.42 Å². The number of thiophene rings is 1. The van der Waals surface area contributed by atoms with Crippen molar-refractivity contribution in [2.75, 3.05) is 19.6 Å². The first-order valence-corrected chi connectivity index (χ1v) is 8.60. The summed E-state index contributed by atoms with van der Waals surface area (Å²) >= 11 is 4.53. The van der Waals surface area contributed by atoms with Crippen LogP contribution in [0.4, 0.5) is 0 Å². The van der Waals surface area contributed by atoms with E-state index in [1.807, 2.05) is 0 Å². The first-order chi connectivity index (χ1) is 8.05. The zero-order valence-corrected chi connectivity index (χ0v) is 13.7. The molecule has 1 aromatic heterocycles. The molecule has 2 heterocycles. The average Bonchev–Trinajstić information content (AvgIpc) is 2.76. The molecule has 0 amide bonds. The van der Waals surface area contributed by atoms with Crippen LogP contribution in [0.15, 0.2) is 20.1 Å². The van der Waals surface area contributed by atoms with E-state index in [2.05, 4.69) is 15.9 Å². The van der Waals surface area contributed by atoms with Gasteiger partial charge in [-0.1, -0.05) is 0 Å². The van der Waals surface area contributed by atoms with E-state index in [1.54, 1.807) is 15.8 Å². The van der Waals surface area contributed by atoms with Crippen LogP contribution in [0.2, 0.25) is 0 Å². The van der Waals surface area contributed by atoms with Crippen molar-refractivity contribution >= 4 is 49.7 Å². The maximum Gasteiger partial charge on any atom is 0.253 e. The van der Waals surface area contributed by atoms with E-state index in [0.29, 0.717) is 28.3 Å². The lowest BCUT2D eigenvalue weighted by atomic mass is 10.0. The molecule has 0 radical (unpaired) electrons. The molecular weight excluding hydrogens is 360 g/mol. The second kappa shape index (κ2) is 6.67. The van der Waals surface area contributed by atoms with E-state index < -0.39 is 10.0 Å². The number of sulfonamides is 1. The van der Waals surface area contributed by atoms with E-state index in [0.717, 1.165) is 12.8 Å². The Morgan fingerprint density at radius 2 is 2.28 bits per heavy atom. The zero-order valence-electron chi connectivity index (χ0n) is 9.71. The van der Waals surface area contributed by atoms with Gasteiger partial charge in [0, 0.05) is 17.6 Å². The monoisotopic (exact) mass is 374 g/mol. The lowest BCUT2D eigenvalue weighted by Gasteiger charge is -2.30. The van der Waals surface area contributed by atoms with Crippen molar-refractivity contribution in [1.82, 2.24) is 4.31 Å². The summed E-state index contributed by atoms with van der Waals surface area (Å²) in [5, 5.41) is 1.78. The van der Waals surface area contributed by atoms with E-state index in [-0.39, 0.29) is 18.3 Å². The van der Waals surface area contributed by atoms with Gasteiger partial charge in [-0.3, -0.25) is 0 Å². The van der Waals surface area contributed by atoms with Crippen LogP contribution < -0.4 is 5.73 Å².